The molecule has 0 aliphatic rings. The number of hydrogen-bond acceptors (Lipinski definition) is 6. The molecule has 6 nitrogen and oxygen atoms in total. The van der Waals surface area contributed by atoms with E-state index < -0.39 is 6.10 Å². The lowest BCUT2D eigenvalue weighted by Gasteiger charge is -2.26. The fourth-order valence-electron chi connectivity index (χ4n) is 4.01. The van der Waals surface area contributed by atoms with Crippen LogP contribution in [-0.4, -0.2) is 48.4 Å². The molecule has 2 aromatic carbocycles. The summed E-state index contributed by atoms with van der Waals surface area (Å²) >= 11 is 12.4. The van der Waals surface area contributed by atoms with Crippen molar-refractivity contribution in [3.63, 3.8) is 0 Å². The van der Waals surface area contributed by atoms with Crippen molar-refractivity contribution in [1.82, 2.24) is 9.88 Å². The molecule has 1 atom stereocenters. The van der Waals surface area contributed by atoms with Gasteiger partial charge in [-0.1, -0.05) is 72.3 Å². The molecule has 3 N–H and O–H groups in total. The topological polar surface area (TPSA) is 80.8 Å². The van der Waals surface area contributed by atoms with Gasteiger partial charge in [-0.3, -0.25) is 4.90 Å². The maximum atomic E-state index is 10.9. The quantitative estimate of drug-likeness (QED) is 0.141. The largest absolute Gasteiger partial charge is 0.494 e. The van der Waals surface area contributed by atoms with E-state index in [-0.39, 0.29) is 0 Å². The van der Waals surface area contributed by atoms with Crippen LogP contribution in [0.5, 0.6) is 5.75 Å². The van der Waals surface area contributed by atoms with Crippen molar-refractivity contribution >= 4 is 28.9 Å². The van der Waals surface area contributed by atoms with E-state index in [0.29, 0.717) is 52.5 Å². The Morgan fingerprint density at radius 1 is 1.03 bits per heavy atom. The number of aliphatic hydroxyl groups excluding tert-OH is 1. The summed E-state index contributed by atoms with van der Waals surface area (Å²) in [5.74, 6) is 6.64. The minimum atomic E-state index is -0.727. The number of methoxy groups -OCH3 is 1. The Morgan fingerprint density at radius 3 is 2.50 bits per heavy atom. The summed E-state index contributed by atoms with van der Waals surface area (Å²) in [7, 11) is 1.60. The monoisotopic (exact) mass is 555 g/mol. The summed E-state index contributed by atoms with van der Waals surface area (Å²) < 4.78 is 10.9. The third-order valence-electron chi connectivity index (χ3n) is 6.05. The third kappa shape index (κ3) is 9.83. The number of nitrogens with two attached hydrogens (primary N) is 1. The maximum absolute atomic E-state index is 10.9. The average Bonchev–Trinajstić information content (AvgIpc) is 2.93. The number of ether oxygens (including phenoxy) is 2. The van der Waals surface area contributed by atoms with E-state index in [1.165, 1.54) is 5.56 Å². The molecule has 3 rings (SSSR count). The zero-order valence-corrected chi connectivity index (χ0v) is 23.2. The molecule has 0 radical (unpaired) electrons. The molecule has 3 aromatic rings. The van der Waals surface area contributed by atoms with Gasteiger partial charge < -0.3 is 20.3 Å². The summed E-state index contributed by atoms with van der Waals surface area (Å²) in [5, 5.41) is 11.6. The van der Waals surface area contributed by atoms with Gasteiger partial charge in [-0.25, -0.2) is 4.98 Å². The van der Waals surface area contributed by atoms with Gasteiger partial charge in [-0.15, -0.1) is 0 Å². The molecule has 8 heteroatoms. The first-order valence-electron chi connectivity index (χ1n) is 12.7. The number of benzene rings is 2. The number of anilines is 1. The van der Waals surface area contributed by atoms with E-state index in [9.17, 15) is 5.11 Å². The smallest absolute Gasteiger partial charge is 0.155 e. The summed E-state index contributed by atoms with van der Waals surface area (Å²) in [6.45, 7) is 3.10. The van der Waals surface area contributed by atoms with Gasteiger partial charge in [0.1, 0.15) is 6.61 Å². The molecule has 0 aliphatic heterocycles. The number of hydrogen-bond donors (Lipinski definition) is 2. The van der Waals surface area contributed by atoms with Crippen LogP contribution in [-0.2, 0) is 11.3 Å². The van der Waals surface area contributed by atoms with Crippen molar-refractivity contribution in [2.75, 3.05) is 39.1 Å². The Labute approximate surface area is 235 Å². The molecule has 0 spiro atoms. The Morgan fingerprint density at radius 2 is 1.76 bits per heavy atom. The van der Waals surface area contributed by atoms with Crippen LogP contribution < -0.4 is 10.5 Å². The Bertz CT molecular complexity index is 1180. The van der Waals surface area contributed by atoms with Crippen LogP contribution >= 0.6 is 23.2 Å². The van der Waals surface area contributed by atoms with E-state index >= 15 is 0 Å². The fourth-order valence-corrected chi connectivity index (χ4v) is 4.51. The molecule has 38 heavy (non-hydrogen) atoms. The van der Waals surface area contributed by atoms with Crippen molar-refractivity contribution < 1.29 is 14.6 Å². The van der Waals surface area contributed by atoms with Gasteiger partial charge in [0, 0.05) is 25.9 Å². The minimum Gasteiger partial charge on any atom is -0.494 e. The number of nitrogen functional groups attached to an aromatic ring is 1. The summed E-state index contributed by atoms with van der Waals surface area (Å²) in [4.78, 5) is 6.47. The minimum absolute atomic E-state index is 0.329. The normalized spacial score (nSPS) is 11.7. The molecule has 0 amide bonds. The number of rotatable bonds is 14. The highest BCUT2D eigenvalue weighted by Crippen LogP contribution is 2.31. The predicted octanol–water partition coefficient (Wildman–Crippen LogP) is 6.14. The summed E-state index contributed by atoms with van der Waals surface area (Å²) in [6.07, 6.45) is 5.08. The van der Waals surface area contributed by atoms with Crippen LogP contribution in [0.15, 0.2) is 60.8 Å². The molecular weight excluding hydrogens is 521 g/mol. The van der Waals surface area contributed by atoms with E-state index in [4.69, 9.17) is 38.4 Å². The maximum Gasteiger partial charge on any atom is 0.155 e. The number of nitrogens with zero attached hydrogens (tertiary/aromatic N) is 2. The molecule has 0 aliphatic carbocycles. The highest BCUT2D eigenvalue weighted by Gasteiger charge is 2.16. The first-order valence-corrected chi connectivity index (χ1v) is 13.5. The van der Waals surface area contributed by atoms with Crippen LogP contribution in [0.1, 0.15) is 48.6 Å². The summed E-state index contributed by atoms with van der Waals surface area (Å²) in [6, 6.07) is 17.3. The third-order valence-corrected chi connectivity index (χ3v) is 6.68. The van der Waals surface area contributed by atoms with Gasteiger partial charge in [0.25, 0.3) is 0 Å². The highest BCUT2D eigenvalue weighted by atomic mass is 35.5. The Kier molecular flexibility index (Phi) is 12.7. The van der Waals surface area contributed by atoms with Gasteiger partial charge in [0.05, 0.1) is 28.9 Å². The van der Waals surface area contributed by atoms with E-state index in [2.05, 4.69) is 33.9 Å². The van der Waals surface area contributed by atoms with Crippen molar-refractivity contribution in [3.05, 3.63) is 87.7 Å². The van der Waals surface area contributed by atoms with Crippen LogP contribution in [0.25, 0.3) is 0 Å². The van der Waals surface area contributed by atoms with E-state index in [0.717, 1.165) is 38.8 Å². The molecule has 1 unspecified atom stereocenters. The molecule has 0 saturated carbocycles. The number of aliphatic hydroxyl groups is 1. The SMILES string of the molecule is COc1cccnc1C#CCOCCCCCCN(Cc1ccccc1)CC(O)c1cc(Cl)c(N)c(Cl)c1. The number of aromatic nitrogens is 1. The van der Waals surface area contributed by atoms with Gasteiger partial charge in [0.2, 0.25) is 0 Å². The second-order valence-corrected chi connectivity index (χ2v) is 9.77. The molecular formula is C30H35Cl2N3O3. The fraction of sp³-hybridized carbons (Fsp3) is 0.367. The lowest BCUT2D eigenvalue weighted by molar-refractivity contribution is 0.107. The molecule has 0 bridgehead atoms. The molecule has 1 heterocycles. The van der Waals surface area contributed by atoms with Gasteiger partial charge >= 0.3 is 0 Å². The Hall–Kier alpha value is -2.79. The first-order chi connectivity index (χ1) is 18.5. The van der Waals surface area contributed by atoms with Crippen molar-refractivity contribution in [1.29, 1.82) is 0 Å². The van der Waals surface area contributed by atoms with Gasteiger partial charge in [0.15, 0.2) is 11.4 Å². The van der Waals surface area contributed by atoms with Gasteiger partial charge in [-0.2, -0.15) is 0 Å². The number of unbranched alkanes of at least 4 members (excludes halogenated alkanes) is 3. The van der Waals surface area contributed by atoms with Gasteiger partial charge in [-0.05, 0) is 60.7 Å². The lowest BCUT2D eigenvalue weighted by Crippen LogP contribution is -2.29. The van der Waals surface area contributed by atoms with E-state index in [1.807, 2.05) is 30.3 Å². The predicted molar refractivity (Wildman–Crippen MR) is 155 cm³/mol. The second kappa shape index (κ2) is 16.2. The van der Waals surface area contributed by atoms with Crippen molar-refractivity contribution in [3.8, 4) is 17.6 Å². The second-order valence-electron chi connectivity index (χ2n) is 8.96. The standard InChI is InChI=1S/C30H35Cl2N3O3/c1-37-29-14-9-15-34-27(29)13-10-18-38-17-8-3-2-7-16-35(21-23-11-5-4-6-12-23)22-28(36)24-19-25(31)30(33)26(32)20-24/h4-6,9,11-12,14-15,19-20,28,36H,2-3,7-8,16-18,21-22,33H2,1H3. The summed E-state index contributed by atoms with van der Waals surface area (Å²) in [5.41, 5.74) is 8.66. The first kappa shape index (κ1) is 29.8. The van der Waals surface area contributed by atoms with Crippen molar-refractivity contribution in [2.24, 2.45) is 0 Å². The molecule has 202 valence electrons. The zero-order chi connectivity index (χ0) is 27.2. The zero-order valence-electron chi connectivity index (χ0n) is 21.7. The lowest BCUT2D eigenvalue weighted by atomic mass is 10.1. The van der Waals surface area contributed by atoms with Crippen LogP contribution in [0.4, 0.5) is 5.69 Å². The van der Waals surface area contributed by atoms with Crippen LogP contribution in [0, 0.1) is 11.8 Å². The number of halogens is 2. The average molecular weight is 557 g/mol. The number of pyridine rings is 1. The molecule has 1 aromatic heterocycles. The van der Waals surface area contributed by atoms with Crippen LogP contribution in [0.3, 0.4) is 0 Å². The molecule has 0 fully saturated rings. The highest BCUT2D eigenvalue weighted by molar-refractivity contribution is 6.38. The van der Waals surface area contributed by atoms with Crippen molar-refractivity contribution in [2.45, 2.75) is 38.3 Å². The van der Waals surface area contributed by atoms with Crippen LogP contribution in [0.2, 0.25) is 10.0 Å². The Balaban J connectivity index is 1.41. The van der Waals surface area contributed by atoms with E-state index in [1.54, 1.807) is 25.4 Å². The molecule has 0 saturated heterocycles.